The molecule has 0 bridgehead atoms. The van der Waals surface area contributed by atoms with E-state index in [0.717, 1.165) is 31.9 Å². The van der Waals surface area contributed by atoms with Crippen molar-refractivity contribution in [2.24, 2.45) is 0 Å². The number of benzene rings is 1. The predicted molar refractivity (Wildman–Crippen MR) is 85.4 cm³/mol. The molecule has 21 heavy (non-hydrogen) atoms. The lowest BCUT2D eigenvalue weighted by molar-refractivity contribution is -0.00140. The lowest BCUT2D eigenvalue weighted by Gasteiger charge is -2.39. The highest BCUT2D eigenvalue weighted by atomic mass is 28.4. The van der Waals surface area contributed by atoms with Gasteiger partial charge < -0.3 is 9.16 Å². The van der Waals surface area contributed by atoms with Crippen LogP contribution in [-0.2, 0) is 14.8 Å². The van der Waals surface area contributed by atoms with E-state index in [-0.39, 0.29) is 0 Å². The van der Waals surface area contributed by atoms with Crippen molar-refractivity contribution in [3.05, 3.63) is 35.9 Å². The van der Waals surface area contributed by atoms with Gasteiger partial charge in [0.2, 0.25) is 0 Å². The maximum Gasteiger partial charge on any atom is 0.186 e. The fourth-order valence-corrected chi connectivity index (χ4v) is 3.88. The van der Waals surface area contributed by atoms with E-state index in [1.54, 1.807) is 0 Å². The Kier molecular flexibility index (Phi) is 5.17. The summed E-state index contributed by atoms with van der Waals surface area (Å²) in [4.78, 5) is 2.26. The van der Waals surface area contributed by atoms with Gasteiger partial charge in [-0.15, -0.1) is 0 Å². The molecule has 1 aromatic rings. The molecule has 1 heterocycles. The van der Waals surface area contributed by atoms with Crippen molar-refractivity contribution in [3.8, 4) is 6.07 Å². The lowest BCUT2D eigenvalue weighted by Crippen LogP contribution is -2.50. The SMILES string of the molecule is C[Si](C)(C)OC(C#N)(CN1CCOCC1)c1ccccc1. The highest BCUT2D eigenvalue weighted by Gasteiger charge is 2.40. The molecule has 1 aliphatic heterocycles. The summed E-state index contributed by atoms with van der Waals surface area (Å²) in [6, 6.07) is 12.3. The number of nitrogens with zero attached hydrogens (tertiary/aromatic N) is 2. The Morgan fingerprint density at radius 1 is 1.24 bits per heavy atom. The highest BCUT2D eigenvalue weighted by molar-refractivity contribution is 6.69. The van der Waals surface area contributed by atoms with Gasteiger partial charge in [-0.1, -0.05) is 30.3 Å². The summed E-state index contributed by atoms with van der Waals surface area (Å²) in [6.07, 6.45) is 0. The van der Waals surface area contributed by atoms with Crippen LogP contribution in [0.1, 0.15) is 5.56 Å². The molecule has 0 spiro atoms. The molecular weight excluding hydrogens is 280 g/mol. The second-order valence-corrected chi connectivity index (χ2v) is 10.8. The zero-order valence-corrected chi connectivity index (χ0v) is 14.1. The zero-order chi connectivity index (χ0) is 15.3. The average molecular weight is 304 g/mol. The normalized spacial score (nSPS) is 19.7. The fourth-order valence-electron chi connectivity index (χ4n) is 2.61. The van der Waals surface area contributed by atoms with Gasteiger partial charge in [0.25, 0.3) is 0 Å². The van der Waals surface area contributed by atoms with Crippen molar-refractivity contribution < 1.29 is 9.16 Å². The maximum absolute atomic E-state index is 9.91. The average Bonchev–Trinajstić information content (AvgIpc) is 2.47. The van der Waals surface area contributed by atoms with Crippen LogP contribution in [-0.4, -0.2) is 46.1 Å². The maximum atomic E-state index is 9.91. The van der Waals surface area contributed by atoms with Crippen molar-refractivity contribution >= 4 is 8.32 Å². The Hall–Kier alpha value is -1.19. The van der Waals surface area contributed by atoms with Crippen molar-refractivity contribution in [1.29, 1.82) is 5.26 Å². The summed E-state index contributed by atoms with van der Waals surface area (Å²) in [6.45, 7) is 10.1. The topological polar surface area (TPSA) is 45.5 Å². The van der Waals surface area contributed by atoms with Crippen LogP contribution in [0.15, 0.2) is 30.3 Å². The van der Waals surface area contributed by atoms with Gasteiger partial charge in [0, 0.05) is 19.6 Å². The van der Waals surface area contributed by atoms with Crippen molar-refractivity contribution in [2.45, 2.75) is 25.2 Å². The van der Waals surface area contributed by atoms with E-state index >= 15 is 0 Å². The third-order valence-corrected chi connectivity index (χ3v) is 4.41. The number of rotatable bonds is 5. The Morgan fingerprint density at radius 3 is 2.38 bits per heavy atom. The Morgan fingerprint density at radius 2 is 1.86 bits per heavy atom. The molecule has 1 fully saturated rings. The van der Waals surface area contributed by atoms with E-state index in [2.05, 4.69) is 30.6 Å². The molecule has 1 saturated heterocycles. The number of nitriles is 1. The molecule has 1 unspecified atom stereocenters. The quantitative estimate of drug-likeness (QED) is 0.784. The summed E-state index contributed by atoms with van der Waals surface area (Å²) >= 11 is 0. The van der Waals surface area contributed by atoms with Gasteiger partial charge in [-0.05, 0) is 25.2 Å². The molecule has 1 atom stereocenters. The summed E-state index contributed by atoms with van der Waals surface area (Å²) in [7, 11) is -1.86. The van der Waals surface area contributed by atoms with Crippen LogP contribution in [0, 0.1) is 11.3 Å². The first kappa shape index (κ1) is 16.2. The minimum atomic E-state index is -1.86. The molecule has 0 N–H and O–H groups in total. The first-order valence-electron chi connectivity index (χ1n) is 7.42. The third kappa shape index (κ3) is 4.38. The molecule has 4 nitrogen and oxygen atoms in total. The van der Waals surface area contributed by atoms with Crippen LogP contribution in [0.3, 0.4) is 0 Å². The minimum Gasteiger partial charge on any atom is -0.396 e. The van der Waals surface area contributed by atoms with Crippen molar-refractivity contribution in [3.63, 3.8) is 0 Å². The third-order valence-electron chi connectivity index (χ3n) is 3.45. The molecule has 0 amide bonds. The highest BCUT2D eigenvalue weighted by Crippen LogP contribution is 2.30. The Bertz CT molecular complexity index is 489. The second-order valence-electron chi connectivity index (χ2n) is 6.41. The smallest absolute Gasteiger partial charge is 0.186 e. The minimum absolute atomic E-state index is 0.598. The van der Waals surface area contributed by atoms with Gasteiger partial charge in [-0.2, -0.15) is 5.26 Å². The zero-order valence-electron chi connectivity index (χ0n) is 13.1. The summed E-state index contributed by atoms with van der Waals surface area (Å²) < 4.78 is 11.8. The molecule has 1 aliphatic rings. The summed E-state index contributed by atoms with van der Waals surface area (Å²) in [5.41, 5.74) is 0.0599. The molecule has 0 radical (unpaired) electrons. The molecule has 0 aliphatic carbocycles. The summed E-state index contributed by atoms with van der Waals surface area (Å²) in [5, 5.41) is 9.91. The van der Waals surface area contributed by atoms with E-state index in [1.807, 2.05) is 30.3 Å². The lowest BCUT2D eigenvalue weighted by atomic mass is 9.94. The molecule has 1 aromatic carbocycles. The molecule has 2 rings (SSSR count). The standard InChI is InChI=1S/C16H24N2O2Si/c1-21(2,3)20-16(13-17,15-7-5-4-6-8-15)14-18-9-11-19-12-10-18/h4-8H,9-12,14H2,1-3H3. The van der Waals surface area contributed by atoms with E-state index in [9.17, 15) is 5.26 Å². The molecule has 0 saturated carbocycles. The van der Waals surface area contributed by atoms with E-state index in [1.165, 1.54) is 0 Å². The van der Waals surface area contributed by atoms with Gasteiger partial charge in [0.1, 0.15) is 6.07 Å². The van der Waals surface area contributed by atoms with Crippen LogP contribution in [0.2, 0.25) is 19.6 Å². The van der Waals surface area contributed by atoms with E-state index in [4.69, 9.17) is 9.16 Å². The van der Waals surface area contributed by atoms with Crippen LogP contribution in [0.5, 0.6) is 0 Å². The van der Waals surface area contributed by atoms with Crippen molar-refractivity contribution in [1.82, 2.24) is 4.90 Å². The number of hydrogen-bond donors (Lipinski definition) is 0. The van der Waals surface area contributed by atoms with Gasteiger partial charge in [-0.25, -0.2) is 0 Å². The fraction of sp³-hybridized carbons (Fsp3) is 0.562. The molecule has 0 aromatic heterocycles. The molecule has 5 heteroatoms. The van der Waals surface area contributed by atoms with Gasteiger partial charge in [0.05, 0.1) is 13.2 Å². The monoisotopic (exact) mass is 304 g/mol. The Balaban J connectivity index is 2.30. The van der Waals surface area contributed by atoms with E-state index in [0.29, 0.717) is 6.54 Å². The second kappa shape index (κ2) is 6.71. The number of ether oxygens (including phenoxy) is 1. The van der Waals surface area contributed by atoms with Gasteiger partial charge in [-0.3, -0.25) is 4.90 Å². The molecular formula is C16H24N2O2Si. The van der Waals surface area contributed by atoms with Crippen LogP contribution < -0.4 is 0 Å². The van der Waals surface area contributed by atoms with Crippen LogP contribution in [0.25, 0.3) is 0 Å². The summed E-state index contributed by atoms with van der Waals surface area (Å²) in [5.74, 6) is 0. The first-order chi connectivity index (χ1) is 9.95. The van der Waals surface area contributed by atoms with Gasteiger partial charge in [0.15, 0.2) is 13.9 Å². The largest absolute Gasteiger partial charge is 0.396 e. The van der Waals surface area contributed by atoms with E-state index < -0.39 is 13.9 Å². The Labute approximate surface area is 128 Å². The van der Waals surface area contributed by atoms with Gasteiger partial charge >= 0.3 is 0 Å². The van der Waals surface area contributed by atoms with Crippen molar-refractivity contribution in [2.75, 3.05) is 32.8 Å². The van der Waals surface area contributed by atoms with Crippen LogP contribution in [0.4, 0.5) is 0 Å². The van der Waals surface area contributed by atoms with Crippen LogP contribution >= 0.6 is 0 Å². The first-order valence-corrected chi connectivity index (χ1v) is 10.8. The number of hydrogen-bond acceptors (Lipinski definition) is 4. The molecule has 114 valence electrons. The number of morpholine rings is 1. The predicted octanol–water partition coefficient (Wildman–Crippen LogP) is 2.59.